The van der Waals surface area contributed by atoms with E-state index in [-0.39, 0.29) is 11.3 Å². The van der Waals surface area contributed by atoms with Gasteiger partial charge < -0.3 is 11.1 Å². The zero-order valence-electron chi connectivity index (χ0n) is 12.8. The molecule has 2 rings (SSSR count). The third-order valence-corrected chi connectivity index (χ3v) is 3.25. The number of carbonyl (C=O) groups excluding carboxylic acids is 2. The van der Waals surface area contributed by atoms with Crippen LogP contribution in [0.15, 0.2) is 41.2 Å². The monoisotopic (exact) mass is 314 g/mol. The maximum Gasteiger partial charge on any atom is 0.276 e. The molecule has 7 nitrogen and oxygen atoms in total. The third-order valence-electron chi connectivity index (χ3n) is 3.25. The topological polar surface area (TPSA) is 107 Å². The highest BCUT2D eigenvalue weighted by atomic mass is 16.2. The van der Waals surface area contributed by atoms with Crippen molar-refractivity contribution in [1.82, 2.24) is 9.78 Å². The highest BCUT2D eigenvalue weighted by Crippen LogP contribution is 2.10. The number of hydrogen-bond acceptors (Lipinski definition) is 4. The van der Waals surface area contributed by atoms with Gasteiger partial charge in [0.2, 0.25) is 5.91 Å². The molecule has 1 heterocycles. The van der Waals surface area contributed by atoms with Crippen LogP contribution in [0.4, 0.5) is 5.69 Å². The fourth-order valence-corrected chi connectivity index (χ4v) is 1.95. The molecule has 3 N–H and O–H groups in total. The number of benzene rings is 1. The van der Waals surface area contributed by atoms with Crippen molar-refractivity contribution in [3.8, 4) is 0 Å². The quantitative estimate of drug-likeness (QED) is 0.840. The lowest BCUT2D eigenvalue weighted by molar-refractivity contribution is 0.0997. The molecule has 0 spiro atoms. The lowest BCUT2D eigenvalue weighted by Gasteiger charge is -2.07. The number of nitrogens with one attached hydrogen (secondary N) is 1. The van der Waals surface area contributed by atoms with Crippen molar-refractivity contribution >= 4 is 17.5 Å². The van der Waals surface area contributed by atoms with Crippen molar-refractivity contribution in [1.29, 1.82) is 0 Å². The Morgan fingerprint density at radius 2 is 1.87 bits per heavy atom. The molecule has 0 atom stereocenters. The normalized spacial score (nSPS) is 10.3. The summed E-state index contributed by atoms with van der Waals surface area (Å²) in [5, 5.41) is 6.73. The average molecular weight is 314 g/mol. The van der Waals surface area contributed by atoms with Crippen molar-refractivity contribution in [2.24, 2.45) is 5.73 Å². The van der Waals surface area contributed by atoms with Crippen LogP contribution in [0.1, 0.15) is 40.6 Å². The molecule has 0 bridgehead atoms. The Balaban J connectivity index is 2.14. The van der Waals surface area contributed by atoms with Crippen molar-refractivity contribution in [2.75, 3.05) is 5.32 Å². The molecule has 0 aliphatic heterocycles. The smallest absolute Gasteiger partial charge is 0.276 e. The zero-order valence-corrected chi connectivity index (χ0v) is 12.8. The van der Waals surface area contributed by atoms with Gasteiger partial charge in [-0.1, -0.05) is 13.3 Å². The first-order valence-corrected chi connectivity index (χ1v) is 7.30. The third kappa shape index (κ3) is 4.26. The van der Waals surface area contributed by atoms with Gasteiger partial charge in [-0.25, -0.2) is 4.68 Å². The molecule has 1 aromatic carbocycles. The van der Waals surface area contributed by atoms with E-state index in [1.807, 2.05) is 6.92 Å². The Kier molecular flexibility index (Phi) is 5.24. The zero-order chi connectivity index (χ0) is 16.8. The molecule has 2 amide bonds. The van der Waals surface area contributed by atoms with Gasteiger partial charge in [-0.15, -0.1) is 0 Å². The van der Waals surface area contributed by atoms with E-state index in [2.05, 4.69) is 10.4 Å². The summed E-state index contributed by atoms with van der Waals surface area (Å²) in [7, 11) is 0. The molecule has 0 saturated heterocycles. The summed E-state index contributed by atoms with van der Waals surface area (Å²) in [6, 6.07) is 8.91. The van der Waals surface area contributed by atoms with Crippen LogP contribution in [0.5, 0.6) is 0 Å². The van der Waals surface area contributed by atoms with E-state index in [4.69, 9.17) is 5.73 Å². The lowest BCUT2D eigenvalue weighted by Crippen LogP contribution is -2.26. The molecule has 0 fully saturated rings. The minimum Gasteiger partial charge on any atom is -0.366 e. The maximum atomic E-state index is 12.2. The molecule has 0 unspecified atom stereocenters. The van der Waals surface area contributed by atoms with E-state index in [0.29, 0.717) is 17.8 Å². The summed E-state index contributed by atoms with van der Waals surface area (Å²) >= 11 is 0. The van der Waals surface area contributed by atoms with Crippen LogP contribution in [-0.4, -0.2) is 21.6 Å². The van der Waals surface area contributed by atoms with Gasteiger partial charge in [0, 0.05) is 23.9 Å². The fourth-order valence-electron chi connectivity index (χ4n) is 1.95. The van der Waals surface area contributed by atoms with E-state index in [1.54, 1.807) is 12.1 Å². The molecular formula is C16H18N4O3. The molecule has 0 aliphatic carbocycles. The van der Waals surface area contributed by atoms with Crippen LogP contribution in [0.3, 0.4) is 0 Å². The standard InChI is InChI=1S/C16H18N4O3/c1-2-3-10-20-14(21)9-8-13(19-20)16(23)18-12-6-4-11(5-7-12)15(17)22/h4-9H,2-3,10H2,1H3,(H2,17,22)(H,18,23). The van der Waals surface area contributed by atoms with Gasteiger partial charge in [0.25, 0.3) is 11.5 Å². The SMILES string of the molecule is CCCCn1nc(C(=O)Nc2ccc(C(N)=O)cc2)ccc1=O. The van der Waals surface area contributed by atoms with Crippen LogP contribution in [0, 0.1) is 0 Å². The molecular weight excluding hydrogens is 296 g/mol. The first-order chi connectivity index (χ1) is 11.0. The highest BCUT2D eigenvalue weighted by Gasteiger charge is 2.10. The van der Waals surface area contributed by atoms with Gasteiger partial charge in [0.1, 0.15) is 5.69 Å². The first kappa shape index (κ1) is 16.4. The maximum absolute atomic E-state index is 12.2. The molecule has 7 heteroatoms. The van der Waals surface area contributed by atoms with Gasteiger partial charge in [0.15, 0.2) is 0 Å². The number of unbranched alkanes of at least 4 members (excludes halogenated alkanes) is 1. The van der Waals surface area contributed by atoms with Gasteiger partial charge in [-0.2, -0.15) is 5.10 Å². The minimum absolute atomic E-state index is 0.152. The summed E-state index contributed by atoms with van der Waals surface area (Å²) in [4.78, 5) is 34.9. The van der Waals surface area contributed by atoms with Crippen LogP contribution in [0.25, 0.3) is 0 Å². The summed E-state index contributed by atoms with van der Waals surface area (Å²) in [5.41, 5.74) is 5.94. The number of nitrogens with two attached hydrogens (primary N) is 1. The van der Waals surface area contributed by atoms with Crippen molar-refractivity contribution in [2.45, 2.75) is 26.3 Å². The first-order valence-electron chi connectivity index (χ1n) is 7.30. The van der Waals surface area contributed by atoms with Crippen molar-refractivity contribution < 1.29 is 9.59 Å². The van der Waals surface area contributed by atoms with Gasteiger partial charge >= 0.3 is 0 Å². The van der Waals surface area contributed by atoms with Crippen molar-refractivity contribution in [3.63, 3.8) is 0 Å². The number of hydrogen-bond donors (Lipinski definition) is 2. The Labute approximate surface area is 133 Å². The number of primary amides is 1. The minimum atomic E-state index is -0.535. The number of aryl methyl sites for hydroxylation is 1. The summed E-state index contributed by atoms with van der Waals surface area (Å²) in [6.45, 7) is 2.49. The van der Waals surface area contributed by atoms with Crippen LogP contribution in [-0.2, 0) is 6.54 Å². The van der Waals surface area contributed by atoms with E-state index >= 15 is 0 Å². The molecule has 2 aromatic rings. The number of nitrogens with zero attached hydrogens (tertiary/aromatic N) is 2. The van der Waals surface area contributed by atoms with Gasteiger partial charge in [0.05, 0.1) is 0 Å². The molecule has 0 aliphatic rings. The van der Waals surface area contributed by atoms with Crippen LogP contribution >= 0.6 is 0 Å². The van der Waals surface area contributed by atoms with Crippen LogP contribution in [0.2, 0.25) is 0 Å². The number of amides is 2. The van der Waals surface area contributed by atoms with Gasteiger partial charge in [-0.05, 0) is 36.8 Å². The number of anilines is 1. The van der Waals surface area contributed by atoms with E-state index < -0.39 is 11.8 Å². The Morgan fingerprint density at radius 3 is 2.48 bits per heavy atom. The largest absolute Gasteiger partial charge is 0.366 e. The molecule has 23 heavy (non-hydrogen) atoms. The van der Waals surface area contributed by atoms with E-state index in [1.165, 1.54) is 28.9 Å². The van der Waals surface area contributed by atoms with Gasteiger partial charge in [-0.3, -0.25) is 14.4 Å². The summed E-state index contributed by atoms with van der Waals surface area (Å²) < 4.78 is 1.29. The summed E-state index contributed by atoms with van der Waals surface area (Å²) in [5.74, 6) is -0.963. The predicted octanol–water partition coefficient (Wildman–Crippen LogP) is 1.39. The fraction of sp³-hybridized carbons (Fsp3) is 0.250. The van der Waals surface area contributed by atoms with E-state index in [0.717, 1.165) is 12.8 Å². The Hall–Kier alpha value is -2.96. The second-order valence-corrected chi connectivity index (χ2v) is 5.03. The number of carbonyl (C=O) groups is 2. The Morgan fingerprint density at radius 1 is 1.17 bits per heavy atom. The molecule has 1 aromatic heterocycles. The van der Waals surface area contributed by atoms with Crippen LogP contribution < -0.4 is 16.6 Å². The number of aromatic nitrogens is 2. The predicted molar refractivity (Wildman–Crippen MR) is 86.3 cm³/mol. The van der Waals surface area contributed by atoms with Crippen molar-refractivity contribution in [3.05, 3.63) is 58.0 Å². The molecule has 0 radical (unpaired) electrons. The number of rotatable bonds is 6. The van der Waals surface area contributed by atoms with E-state index in [9.17, 15) is 14.4 Å². The molecule has 0 saturated carbocycles. The Bertz CT molecular complexity index is 766. The highest BCUT2D eigenvalue weighted by molar-refractivity contribution is 6.03. The second kappa shape index (κ2) is 7.35. The molecule has 120 valence electrons. The second-order valence-electron chi connectivity index (χ2n) is 5.03. The average Bonchev–Trinajstić information content (AvgIpc) is 2.54. The summed E-state index contributed by atoms with van der Waals surface area (Å²) in [6.07, 6.45) is 1.74. The lowest BCUT2D eigenvalue weighted by atomic mass is 10.2.